The molecule has 1 N–H and O–H groups in total. The standard InChI is InChI=1S/C25H28N6O3S.C16H19ClN4O2S/c1-14-11-34-12-15(2)31(14)25(32)30-5-4-18-21(10-30)35-24-22(18)23(27-13-28-24)29-19-6-16-8-26-9-17(16)7-20(19)33-3;1-9-6-23-7-10(2)21(9)16(22)20-4-3-11-12(5-20)24-15-13(11)14(17)18-8-19-15/h6-8,13-15H,4-5,9-12H2,1-3H3,(H,27,28,29);8-10H,3-7H2,1-2H3/t14-,15-;9-,10-/m00/s1. The van der Waals surface area contributed by atoms with E-state index in [9.17, 15) is 9.59 Å². The first-order valence-electron chi connectivity index (χ1n) is 20.0. The van der Waals surface area contributed by atoms with Crippen LogP contribution in [0.5, 0.6) is 5.75 Å². The fraction of sp³-hybridized carbons (Fsp3) is 0.488. The van der Waals surface area contributed by atoms with Gasteiger partial charge in [-0.25, -0.2) is 29.5 Å². The van der Waals surface area contributed by atoms with E-state index in [0.717, 1.165) is 61.7 Å². The molecule has 15 nitrogen and oxygen atoms in total. The Morgan fingerprint density at radius 1 is 0.780 bits per heavy atom. The van der Waals surface area contributed by atoms with Crippen LogP contribution in [0.2, 0.25) is 5.15 Å². The van der Waals surface area contributed by atoms with Gasteiger partial charge >= 0.3 is 12.1 Å². The van der Waals surface area contributed by atoms with Crippen LogP contribution in [-0.4, -0.2) is 129 Å². The number of halogens is 1. The summed E-state index contributed by atoms with van der Waals surface area (Å²) in [7, 11) is 1.67. The number of anilines is 2. The number of benzene rings is 1. The van der Waals surface area contributed by atoms with E-state index in [0.29, 0.717) is 64.3 Å². The lowest BCUT2D eigenvalue weighted by Gasteiger charge is -2.42. The van der Waals surface area contributed by atoms with Crippen LogP contribution in [0.25, 0.3) is 20.4 Å². The maximum atomic E-state index is 13.4. The third-order valence-electron chi connectivity index (χ3n) is 11.8. The van der Waals surface area contributed by atoms with E-state index in [1.54, 1.807) is 36.1 Å². The van der Waals surface area contributed by atoms with Crippen LogP contribution in [0.4, 0.5) is 21.1 Å². The Bertz CT molecular complexity index is 2440. The average Bonchev–Trinajstić information content (AvgIpc) is 3.95. The van der Waals surface area contributed by atoms with E-state index in [-0.39, 0.29) is 36.2 Å². The predicted molar refractivity (Wildman–Crippen MR) is 230 cm³/mol. The maximum absolute atomic E-state index is 13.4. The van der Waals surface area contributed by atoms with Crippen LogP contribution in [0, 0.1) is 0 Å². The highest BCUT2D eigenvalue weighted by Gasteiger charge is 2.37. The number of rotatable bonds is 3. The number of aliphatic imine (C=N–C) groups is 1. The quantitative estimate of drug-likeness (QED) is 0.190. The second kappa shape index (κ2) is 16.4. The molecular weight excluding hydrogens is 812 g/mol. The van der Waals surface area contributed by atoms with Crippen LogP contribution in [0.1, 0.15) is 59.7 Å². The number of nitrogens with one attached hydrogen (secondary N) is 1. The number of ether oxygens (including phenoxy) is 3. The second-order valence-electron chi connectivity index (χ2n) is 15.8. The first-order chi connectivity index (χ1) is 28.6. The number of hydrogen-bond acceptors (Lipinski definition) is 13. The minimum atomic E-state index is 0.0732. The summed E-state index contributed by atoms with van der Waals surface area (Å²) in [5.74, 6) is 1.52. The van der Waals surface area contributed by atoms with Gasteiger partial charge in [-0.05, 0) is 74.9 Å². The fourth-order valence-corrected chi connectivity index (χ4v) is 11.6. The third kappa shape index (κ3) is 7.45. The van der Waals surface area contributed by atoms with Gasteiger partial charge in [-0.15, -0.1) is 22.7 Å². The molecule has 2 saturated heterocycles. The summed E-state index contributed by atoms with van der Waals surface area (Å²) in [4.78, 5) is 60.3. The van der Waals surface area contributed by atoms with Crippen molar-refractivity contribution in [3.05, 3.63) is 61.9 Å². The van der Waals surface area contributed by atoms with E-state index in [2.05, 4.69) is 50.2 Å². The topological polar surface area (TPSA) is 151 Å². The van der Waals surface area contributed by atoms with Crippen molar-refractivity contribution in [2.45, 2.75) is 84.3 Å². The molecule has 0 aliphatic carbocycles. The molecular formula is C41H47ClN10O5S2. The lowest BCUT2D eigenvalue weighted by atomic mass is 10.0. The average molecular weight is 859 g/mol. The van der Waals surface area contributed by atoms with Gasteiger partial charge < -0.3 is 39.1 Å². The van der Waals surface area contributed by atoms with Crippen LogP contribution >= 0.6 is 34.3 Å². The lowest BCUT2D eigenvalue weighted by molar-refractivity contribution is -0.0226. The van der Waals surface area contributed by atoms with Gasteiger partial charge in [0.25, 0.3) is 0 Å². The summed E-state index contributed by atoms with van der Waals surface area (Å²) in [6, 6.07) is 4.62. The largest absolute Gasteiger partial charge is 0.495 e. The molecule has 5 aliphatic rings. The zero-order chi connectivity index (χ0) is 40.9. The Morgan fingerprint density at radius 2 is 1.32 bits per heavy atom. The van der Waals surface area contributed by atoms with E-state index < -0.39 is 0 Å². The molecule has 10 rings (SSSR count). The van der Waals surface area contributed by atoms with Gasteiger partial charge in [0, 0.05) is 29.1 Å². The normalized spacial score (nSPS) is 22.5. The zero-order valence-electron chi connectivity index (χ0n) is 33.7. The lowest BCUT2D eigenvalue weighted by Crippen LogP contribution is -2.57. The van der Waals surface area contributed by atoms with E-state index in [1.165, 1.54) is 27.2 Å². The molecule has 310 valence electrons. The van der Waals surface area contributed by atoms with E-state index in [1.807, 2.05) is 45.7 Å². The molecule has 2 fully saturated rings. The number of carbonyl (C=O) groups excluding carboxylic acids is 2. The van der Waals surface area contributed by atoms with E-state index >= 15 is 0 Å². The zero-order valence-corrected chi connectivity index (χ0v) is 36.1. The molecule has 4 aromatic heterocycles. The van der Waals surface area contributed by atoms with Gasteiger partial charge in [0.05, 0.1) is 93.8 Å². The minimum Gasteiger partial charge on any atom is -0.495 e. The number of hydrogen-bond donors (Lipinski definition) is 1. The molecule has 1 aromatic carbocycles. The molecule has 59 heavy (non-hydrogen) atoms. The van der Waals surface area contributed by atoms with E-state index in [4.69, 9.17) is 25.8 Å². The summed E-state index contributed by atoms with van der Waals surface area (Å²) in [5, 5.41) is 5.99. The summed E-state index contributed by atoms with van der Waals surface area (Å²) in [5.41, 5.74) is 5.52. The molecule has 0 spiro atoms. The van der Waals surface area contributed by atoms with Gasteiger partial charge in [-0.2, -0.15) is 0 Å². The molecule has 0 bridgehead atoms. The van der Waals surface area contributed by atoms with Gasteiger partial charge in [0.2, 0.25) is 0 Å². The van der Waals surface area contributed by atoms with Crippen LogP contribution in [0.3, 0.4) is 0 Å². The number of morpholine rings is 2. The van der Waals surface area contributed by atoms with Crippen molar-refractivity contribution in [3.63, 3.8) is 0 Å². The Hall–Kier alpha value is -4.68. The van der Waals surface area contributed by atoms with Crippen LogP contribution in [0.15, 0.2) is 29.8 Å². The molecule has 9 heterocycles. The summed E-state index contributed by atoms with van der Waals surface area (Å²) in [6.07, 6.45) is 6.54. The monoisotopic (exact) mass is 858 g/mol. The van der Waals surface area contributed by atoms with Crippen molar-refractivity contribution in [1.29, 1.82) is 0 Å². The van der Waals surface area contributed by atoms with Crippen molar-refractivity contribution in [2.75, 3.05) is 51.9 Å². The fourth-order valence-electron chi connectivity index (χ4n) is 8.86. The molecule has 0 unspecified atom stereocenters. The molecule has 18 heteroatoms. The number of thiophene rings is 2. The van der Waals surface area contributed by atoms with Gasteiger partial charge in [-0.1, -0.05) is 11.6 Å². The summed E-state index contributed by atoms with van der Waals surface area (Å²) < 4.78 is 16.8. The highest BCUT2D eigenvalue weighted by Crippen LogP contribution is 2.41. The Kier molecular flexibility index (Phi) is 11.1. The molecule has 5 aromatic rings. The van der Waals surface area contributed by atoms with Crippen molar-refractivity contribution < 1.29 is 23.8 Å². The molecule has 4 atom stereocenters. The number of carbonyl (C=O) groups is 2. The van der Waals surface area contributed by atoms with Crippen LogP contribution in [-0.2, 0) is 41.9 Å². The molecule has 5 aliphatic heterocycles. The Balaban J connectivity index is 0.000000163. The second-order valence-corrected chi connectivity index (χ2v) is 18.3. The van der Waals surface area contributed by atoms with Crippen molar-refractivity contribution in [3.8, 4) is 5.75 Å². The van der Waals surface area contributed by atoms with Crippen molar-refractivity contribution >= 4 is 84.5 Å². The Morgan fingerprint density at radius 3 is 1.90 bits per heavy atom. The third-order valence-corrected chi connectivity index (χ3v) is 14.3. The number of methoxy groups -OCH3 is 1. The Labute approximate surface area is 355 Å². The highest BCUT2D eigenvalue weighted by atomic mass is 35.5. The number of aromatic nitrogens is 4. The number of fused-ring (bicyclic) bond motifs is 7. The maximum Gasteiger partial charge on any atom is 0.320 e. The summed E-state index contributed by atoms with van der Waals surface area (Å²) in [6.45, 7) is 13.8. The molecule has 0 radical (unpaired) electrons. The van der Waals surface area contributed by atoms with Gasteiger partial charge in [0.1, 0.15) is 39.0 Å². The highest BCUT2D eigenvalue weighted by molar-refractivity contribution is 7.19. The first kappa shape index (κ1) is 39.8. The smallest absolute Gasteiger partial charge is 0.320 e. The van der Waals surface area contributed by atoms with Crippen LogP contribution < -0.4 is 10.1 Å². The van der Waals surface area contributed by atoms with Crippen molar-refractivity contribution in [1.82, 2.24) is 39.5 Å². The number of urea groups is 2. The number of nitrogens with zero attached hydrogens (tertiary/aromatic N) is 9. The van der Waals surface area contributed by atoms with Gasteiger partial charge in [0.15, 0.2) is 0 Å². The molecule has 4 amide bonds. The first-order valence-corrected chi connectivity index (χ1v) is 22.0. The minimum absolute atomic E-state index is 0.0732. The summed E-state index contributed by atoms with van der Waals surface area (Å²) >= 11 is 9.50. The SMILES string of the molecule is COc1cc2c(cc1Nc1ncnc3sc4c(c13)CCN(C(=O)N1[C@@H](C)COC[C@@H]1C)C4)C=NC2.C[C@H]1COC[C@H](C)N1C(=O)N1CCc2c(sc3ncnc(Cl)c23)C1. The van der Waals surface area contributed by atoms with Gasteiger partial charge in [-0.3, -0.25) is 4.99 Å². The number of amides is 4. The molecule has 0 saturated carbocycles. The van der Waals surface area contributed by atoms with Crippen molar-refractivity contribution in [2.24, 2.45) is 4.99 Å². The predicted octanol–water partition coefficient (Wildman–Crippen LogP) is 6.90.